The number of nitrogens with one attached hydrogen (secondary N) is 1. The minimum Gasteiger partial charge on any atom is -0.353 e. The van der Waals surface area contributed by atoms with E-state index < -0.39 is 0 Å². The van der Waals surface area contributed by atoms with E-state index in [0.717, 1.165) is 44.3 Å². The Morgan fingerprint density at radius 1 is 1.12 bits per heavy atom. The van der Waals surface area contributed by atoms with Gasteiger partial charge in [0.05, 0.1) is 6.42 Å². The zero-order valence-electron chi connectivity index (χ0n) is 14.6. The van der Waals surface area contributed by atoms with Crippen LogP contribution in [0, 0.1) is 12.8 Å². The molecule has 0 bridgehead atoms. The molecule has 24 heavy (non-hydrogen) atoms. The first-order valence-electron chi connectivity index (χ1n) is 9.25. The highest BCUT2D eigenvalue weighted by Crippen LogP contribution is 2.27. The lowest BCUT2D eigenvalue weighted by atomic mass is 10.0. The van der Waals surface area contributed by atoms with Crippen LogP contribution in [-0.4, -0.2) is 35.8 Å². The highest BCUT2D eigenvalue weighted by molar-refractivity contribution is 5.80. The van der Waals surface area contributed by atoms with E-state index in [1.807, 2.05) is 30.0 Å². The highest BCUT2D eigenvalue weighted by atomic mass is 16.2. The number of carbonyl (C=O) groups excluding carboxylic acids is 2. The van der Waals surface area contributed by atoms with Crippen LogP contribution >= 0.6 is 0 Å². The van der Waals surface area contributed by atoms with Crippen molar-refractivity contribution in [2.75, 3.05) is 13.1 Å². The van der Waals surface area contributed by atoms with E-state index in [-0.39, 0.29) is 17.9 Å². The number of amides is 2. The zero-order chi connectivity index (χ0) is 16.9. The van der Waals surface area contributed by atoms with Crippen molar-refractivity contribution in [2.45, 2.75) is 57.9 Å². The van der Waals surface area contributed by atoms with Crippen LogP contribution in [0.1, 0.15) is 49.7 Å². The fourth-order valence-electron chi connectivity index (χ4n) is 3.96. The third kappa shape index (κ3) is 4.37. The number of likely N-dealkylation sites (tertiary alicyclic amines) is 1. The molecule has 2 aliphatic rings. The van der Waals surface area contributed by atoms with Gasteiger partial charge in [-0.1, -0.05) is 42.7 Å². The Morgan fingerprint density at radius 2 is 1.83 bits per heavy atom. The molecule has 2 amide bonds. The molecule has 0 radical (unpaired) electrons. The summed E-state index contributed by atoms with van der Waals surface area (Å²) in [6, 6.07) is 8.29. The van der Waals surface area contributed by atoms with Crippen LogP contribution in [-0.2, 0) is 16.0 Å². The molecule has 1 aromatic carbocycles. The molecular formula is C20H28N2O2. The van der Waals surface area contributed by atoms with Crippen LogP contribution in [0.2, 0.25) is 0 Å². The molecule has 1 heterocycles. The minimum absolute atomic E-state index is 0.0844. The van der Waals surface area contributed by atoms with Crippen LogP contribution in [0.4, 0.5) is 0 Å². The predicted octanol–water partition coefficient (Wildman–Crippen LogP) is 2.83. The third-order valence-corrected chi connectivity index (χ3v) is 5.32. The molecule has 1 aliphatic carbocycles. The van der Waals surface area contributed by atoms with Gasteiger partial charge in [0.15, 0.2) is 0 Å². The maximum absolute atomic E-state index is 12.4. The summed E-state index contributed by atoms with van der Waals surface area (Å²) in [7, 11) is 0. The number of benzene rings is 1. The summed E-state index contributed by atoms with van der Waals surface area (Å²) in [6.45, 7) is 3.61. The molecule has 1 aromatic rings. The van der Waals surface area contributed by atoms with Crippen molar-refractivity contribution in [2.24, 2.45) is 5.92 Å². The molecule has 4 heteroatoms. The molecule has 4 nitrogen and oxygen atoms in total. The lowest BCUT2D eigenvalue weighted by Crippen LogP contribution is -2.48. The van der Waals surface area contributed by atoms with Crippen LogP contribution in [0.15, 0.2) is 24.3 Å². The second-order valence-electron chi connectivity index (χ2n) is 7.31. The molecule has 1 aliphatic heterocycles. The van der Waals surface area contributed by atoms with Gasteiger partial charge in [-0.05, 0) is 38.2 Å². The number of piperidine rings is 1. The van der Waals surface area contributed by atoms with Gasteiger partial charge in [0.2, 0.25) is 11.8 Å². The van der Waals surface area contributed by atoms with Gasteiger partial charge < -0.3 is 10.2 Å². The Hall–Kier alpha value is -1.84. The van der Waals surface area contributed by atoms with E-state index in [1.54, 1.807) is 0 Å². The van der Waals surface area contributed by atoms with Crippen molar-refractivity contribution in [1.82, 2.24) is 10.2 Å². The van der Waals surface area contributed by atoms with Crippen molar-refractivity contribution in [3.63, 3.8) is 0 Å². The highest BCUT2D eigenvalue weighted by Gasteiger charge is 2.30. The molecule has 3 rings (SSSR count). The SMILES string of the molecule is Cc1cccc(CC(=O)NC2CCN(C(=O)C3CCCC3)CC2)c1. The fraction of sp³-hybridized carbons (Fsp3) is 0.600. The van der Waals surface area contributed by atoms with E-state index in [2.05, 4.69) is 11.4 Å². The van der Waals surface area contributed by atoms with E-state index in [0.29, 0.717) is 12.3 Å². The van der Waals surface area contributed by atoms with Gasteiger partial charge in [-0.3, -0.25) is 9.59 Å². The van der Waals surface area contributed by atoms with Crippen LogP contribution in [0.5, 0.6) is 0 Å². The van der Waals surface area contributed by atoms with Crippen molar-refractivity contribution in [3.8, 4) is 0 Å². The standard InChI is InChI=1S/C20H28N2O2/c1-15-5-4-6-16(13-15)14-19(23)21-18-9-11-22(12-10-18)20(24)17-7-2-3-8-17/h4-6,13,17-18H,2-3,7-12,14H2,1H3,(H,21,23). The molecule has 0 aromatic heterocycles. The molecule has 0 spiro atoms. The Labute approximate surface area is 144 Å². The first kappa shape index (κ1) is 17.0. The van der Waals surface area contributed by atoms with Gasteiger partial charge >= 0.3 is 0 Å². The quantitative estimate of drug-likeness (QED) is 0.924. The first-order valence-corrected chi connectivity index (χ1v) is 9.25. The first-order chi connectivity index (χ1) is 11.6. The maximum Gasteiger partial charge on any atom is 0.225 e. The summed E-state index contributed by atoms with van der Waals surface area (Å²) in [5.41, 5.74) is 2.24. The minimum atomic E-state index is 0.0844. The summed E-state index contributed by atoms with van der Waals surface area (Å²) in [5.74, 6) is 0.690. The van der Waals surface area contributed by atoms with Crippen LogP contribution in [0.3, 0.4) is 0 Å². The average molecular weight is 328 g/mol. The number of hydrogen-bond acceptors (Lipinski definition) is 2. The number of hydrogen-bond donors (Lipinski definition) is 1. The number of carbonyl (C=O) groups is 2. The molecule has 0 unspecified atom stereocenters. The number of nitrogens with zero attached hydrogens (tertiary/aromatic N) is 1. The van der Waals surface area contributed by atoms with Gasteiger partial charge in [0, 0.05) is 25.0 Å². The summed E-state index contributed by atoms with van der Waals surface area (Å²) in [4.78, 5) is 26.7. The molecular weight excluding hydrogens is 300 g/mol. The molecule has 1 N–H and O–H groups in total. The van der Waals surface area contributed by atoms with E-state index in [1.165, 1.54) is 18.4 Å². The van der Waals surface area contributed by atoms with Gasteiger partial charge in [0.1, 0.15) is 0 Å². The second-order valence-corrected chi connectivity index (χ2v) is 7.31. The topological polar surface area (TPSA) is 49.4 Å². The van der Waals surface area contributed by atoms with Crippen molar-refractivity contribution < 1.29 is 9.59 Å². The Balaban J connectivity index is 1.43. The Morgan fingerprint density at radius 3 is 2.50 bits per heavy atom. The van der Waals surface area contributed by atoms with Gasteiger partial charge in [-0.15, -0.1) is 0 Å². The van der Waals surface area contributed by atoms with Gasteiger partial charge in [-0.2, -0.15) is 0 Å². The second kappa shape index (κ2) is 7.82. The average Bonchev–Trinajstić information content (AvgIpc) is 3.09. The van der Waals surface area contributed by atoms with Gasteiger partial charge in [0.25, 0.3) is 0 Å². The molecule has 1 saturated heterocycles. The Bertz CT molecular complexity index is 585. The Kier molecular flexibility index (Phi) is 5.54. The molecule has 2 fully saturated rings. The van der Waals surface area contributed by atoms with Crippen molar-refractivity contribution >= 4 is 11.8 Å². The number of rotatable bonds is 4. The predicted molar refractivity (Wildman–Crippen MR) is 94.6 cm³/mol. The van der Waals surface area contributed by atoms with Crippen LogP contribution < -0.4 is 5.32 Å². The van der Waals surface area contributed by atoms with E-state index >= 15 is 0 Å². The molecule has 1 saturated carbocycles. The summed E-state index contributed by atoms with van der Waals surface area (Å²) >= 11 is 0. The van der Waals surface area contributed by atoms with E-state index in [9.17, 15) is 9.59 Å². The van der Waals surface area contributed by atoms with Crippen molar-refractivity contribution in [3.05, 3.63) is 35.4 Å². The lowest BCUT2D eigenvalue weighted by molar-refractivity contribution is -0.136. The molecule has 0 atom stereocenters. The third-order valence-electron chi connectivity index (χ3n) is 5.32. The van der Waals surface area contributed by atoms with Crippen LogP contribution in [0.25, 0.3) is 0 Å². The molecule has 130 valence electrons. The smallest absolute Gasteiger partial charge is 0.225 e. The monoisotopic (exact) mass is 328 g/mol. The van der Waals surface area contributed by atoms with Crippen molar-refractivity contribution in [1.29, 1.82) is 0 Å². The number of aryl methyl sites for hydroxylation is 1. The largest absolute Gasteiger partial charge is 0.353 e. The normalized spacial score (nSPS) is 19.5. The maximum atomic E-state index is 12.4. The lowest BCUT2D eigenvalue weighted by Gasteiger charge is -2.34. The fourth-order valence-corrected chi connectivity index (χ4v) is 3.96. The summed E-state index contributed by atoms with van der Waals surface area (Å²) in [6.07, 6.45) is 6.70. The summed E-state index contributed by atoms with van der Waals surface area (Å²) in [5, 5.41) is 3.14. The van der Waals surface area contributed by atoms with E-state index in [4.69, 9.17) is 0 Å². The van der Waals surface area contributed by atoms with Gasteiger partial charge in [-0.25, -0.2) is 0 Å². The zero-order valence-corrected chi connectivity index (χ0v) is 14.6. The summed E-state index contributed by atoms with van der Waals surface area (Å²) < 4.78 is 0.